The van der Waals surface area contributed by atoms with Crippen molar-refractivity contribution >= 4 is 22.9 Å². The van der Waals surface area contributed by atoms with E-state index in [0.29, 0.717) is 18.7 Å². The van der Waals surface area contributed by atoms with E-state index in [4.69, 9.17) is 4.52 Å². The molecule has 1 amide bonds. The molecule has 6 nitrogen and oxygen atoms in total. The highest BCUT2D eigenvalue weighted by molar-refractivity contribution is 5.96. The Morgan fingerprint density at radius 1 is 1.27 bits per heavy atom. The molecule has 1 aliphatic rings. The van der Waals surface area contributed by atoms with Gasteiger partial charge in [-0.15, -0.1) is 0 Å². The maximum absolute atomic E-state index is 12.7. The van der Waals surface area contributed by atoms with Crippen molar-refractivity contribution in [3.63, 3.8) is 0 Å². The van der Waals surface area contributed by atoms with Gasteiger partial charge in [0.25, 0.3) is 0 Å². The van der Waals surface area contributed by atoms with Gasteiger partial charge in [-0.05, 0) is 26.0 Å². The van der Waals surface area contributed by atoms with Crippen LogP contribution in [0.3, 0.4) is 0 Å². The van der Waals surface area contributed by atoms with Crippen LogP contribution in [0.5, 0.6) is 0 Å². The van der Waals surface area contributed by atoms with Crippen LogP contribution in [0, 0.1) is 13.8 Å². The number of carbonyl (C=O) groups excluding carboxylic acids is 1. The molecular weight excluding hydrogens is 280 g/mol. The van der Waals surface area contributed by atoms with Crippen LogP contribution >= 0.6 is 0 Å². The molecule has 2 aromatic heterocycles. The van der Waals surface area contributed by atoms with Gasteiger partial charge in [-0.1, -0.05) is 17.3 Å². The number of anilines is 1. The third-order valence-electron chi connectivity index (χ3n) is 4.23. The first kappa shape index (κ1) is 13.1. The zero-order valence-corrected chi connectivity index (χ0v) is 12.5. The second kappa shape index (κ2) is 4.69. The van der Waals surface area contributed by atoms with Crippen LogP contribution in [-0.2, 0) is 17.8 Å². The number of para-hydroxylation sites is 2. The largest absolute Gasteiger partial charge is 0.361 e. The van der Waals surface area contributed by atoms with Gasteiger partial charge in [0.15, 0.2) is 0 Å². The predicted molar refractivity (Wildman–Crippen MR) is 81.8 cm³/mol. The van der Waals surface area contributed by atoms with Crippen molar-refractivity contribution in [3.05, 3.63) is 41.3 Å². The molecule has 1 aliphatic heterocycles. The molecule has 0 saturated heterocycles. The molecule has 3 heterocycles. The Morgan fingerprint density at radius 3 is 2.86 bits per heavy atom. The summed E-state index contributed by atoms with van der Waals surface area (Å²) in [6.45, 7) is 5.14. The van der Waals surface area contributed by atoms with Gasteiger partial charge in [0, 0.05) is 18.7 Å². The molecule has 0 unspecified atom stereocenters. The summed E-state index contributed by atoms with van der Waals surface area (Å²) in [5, 5.41) is 3.91. The number of rotatable bonds is 2. The smallest absolute Gasteiger partial charge is 0.233 e. The predicted octanol–water partition coefficient (Wildman–Crippen LogP) is 2.23. The topological polar surface area (TPSA) is 64.2 Å². The number of carbonyl (C=O) groups is 1. The minimum absolute atomic E-state index is 0.0310. The van der Waals surface area contributed by atoms with Crippen molar-refractivity contribution in [2.75, 3.05) is 11.4 Å². The first-order valence-corrected chi connectivity index (χ1v) is 7.32. The normalized spacial score (nSPS) is 13.8. The molecule has 0 N–H and O–H groups in total. The van der Waals surface area contributed by atoms with Gasteiger partial charge in [-0.2, -0.15) is 0 Å². The molecule has 0 atom stereocenters. The first-order chi connectivity index (χ1) is 10.6. The van der Waals surface area contributed by atoms with Crippen molar-refractivity contribution in [3.8, 4) is 0 Å². The molecule has 0 radical (unpaired) electrons. The molecule has 4 rings (SSSR count). The molecule has 0 spiro atoms. The lowest BCUT2D eigenvalue weighted by molar-refractivity contribution is -0.117. The number of benzene rings is 1. The van der Waals surface area contributed by atoms with Crippen molar-refractivity contribution in [2.24, 2.45) is 0 Å². The van der Waals surface area contributed by atoms with Crippen LogP contribution in [0.15, 0.2) is 28.8 Å². The molecule has 3 aromatic rings. The SMILES string of the molecule is Cc1noc(C)c1CC(=O)N1CCn2c1nc1ccccc12. The lowest BCUT2D eigenvalue weighted by atomic mass is 10.1. The Morgan fingerprint density at radius 2 is 2.09 bits per heavy atom. The van der Waals surface area contributed by atoms with E-state index in [0.717, 1.165) is 34.8 Å². The molecular formula is C16H16N4O2. The summed E-state index contributed by atoms with van der Waals surface area (Å²) >= 11 is 0. The van der Waals surface area contributed by atoms with Crippen LogP contribution < -0.4 is 4.90 Å². The fourth-order valence-corrected chi connectivity index (χ4v) is 3.03. The zero-order valence-electron chi connectivity index (χ0n) is 12.5. The highest BCUT2D eigenvalue weighted by Gasteiger charge is 2.29. The van der Waals surface area contributed by atoms with E-state index in [-0.39, 0.29) is 5.91 Å². The summed E-state index contributed by atoms with van der Waals surface area (Å²) in [5.41, 5.74) is 3.65. The standard InChI is InChI=1S/C16H16N4O2/c1-10-12(11(2)22-18-10)9-15(21)20-8-7-19-14-6-4-3-5-13(14)17-16(19)20/h3-6H,7-9H2,1-2H3. The van der Waals surface area contributed by atoms with Crippen LogP contribution in [0.1, 0.15) is 17.0 Å². The summed E-state index contributed by atoms with van der Waals surface area (Å²) in [6, 6.07) is 7.96. The molecule has 22 heavy (non-hydrogen) atoms. The Bertz CT molecular complexity index is 858. The van der Waals surface area contributed by atoms with Gasteiger partial charge in [-0.3, -0.25) is 9.69 Å². The van der Waals surface area contributed by atoms with E-state index in [1.54, 1.807) is 4.90 Å². The highest BCUT2D eigenvalue weighted by atomic mass is 16.5. The lowest BCUT2D eigenvalue weighted by Gasteiger charge is -2.13. The number of nitrogens with zero attached hydrogens (tertiary/aromatic N) is 4. The fraction of sp³-hybridized carbons (Fsp3) is 0.312. The number of aryl methyl sites for hydroxylation is 2. The molecule has 0 fully saturated rings. The molecule has 0 saturated carbocycles. The van der Waals surface area contributed by atoms with Crippen LogP contribution in [0.25, 0.3) is 11.0 Å². The van der Waals surface area contributed by atoms with Crippen molar-refractivity contribution < 1.29 is 9.32 Å². The fourth-order valence-electron chi connectivity index (χ4n) is 3.03. The van der Waals surface area contributed by atoms with Gasteiger partial charge in [0.2, 0.25) is 11.9 Å². The Labute approximate surface area is 127 Å². The highest BCUT2D eigenvalue weighted by Crippen LogP contribution is 2.28. The van der Waals surface area contributed by atoms with Crippen LogP contribution in [0.2, 0.25) is 0 Å². The van der Waals surface area contributed by atoms with E-state index in [1.165, 1.54) is 0 Å². The molecule has 112 valence electrons. The van der Waals surface area contributed by atoms with Gasteiger partial charge in [0.05, 0.1) is 23.1 Å². The van der Waals surface area contributed by atoms with Gasteiger partial charge in [0.1, 0.15) is 5.76 Å². The van der Waals surface area contributed by atoms with Gasteiger partial charge >= 0.3 is 0 Å². The van der Waals surface area contributed by atoms with Crippen LogP contribution in [0.4, 0.5) is 5.95 Å². The van der Waals surface area contributed by atoms with Gasteiger partial charge in [-0.25, -0.2) is 4.98 Å². The number of hydrogen-bond donors (Lipinski definition) is 0. The van der Waals surface area contributed by atoms with E-state index in [1.807, 2.05) is 38.1 Å². The van der Waals surface area contributed by atoms with E-state index < -0.39 is 0 Å². The minimum atomic E-state index is 0.0310. The third-order valence-corrected chi connectivity index (χ3v) is 4.23. The third kappa shape index (κ3) is 1.83. The van der Waals surface area contributed by atoms with E-state index >= 15 is 0 Å². The van der Waals surface area contributed by atoms with Gasteiger partial charge < -0.3 is 9.09 Å². The summed E-state index contributed by atoms with van der Waals surface area (Å²) in [5.74, 6) is 1.47. The molecule has 0 aliphatic carbocycles. The number of hydrogen-bond acceptors (Lipinski definition) is 4. The second-order valence-electron chi connectivity index (χ2n) is 5.58. The number of aromatic nitrogens is 3. The quantitative estimate of drug-likeness (QED) is 0.727. The van der Waals surface area contributed by atoms with E-state index in [9.17, 15) is 4.79 Å². The monoisotopic (exact) mass is 296 g/mol. The molecule has 1 aromatic carbocycles. The molecule has 0 bridgehead atoms. The number of fused-ring (bicyclic) bond motifs is 3. The summed E-state index contributed by atoms with van der Waals surface area (Å²) in [7, 11) is 0. The van der Waals surface area contributed by atoms with Crippen molar-refractivity contribution in [1.29, 1.82) is 0 Å². The average Bonchev–Trinajstić information content (AvgIpc) is 3.16. The Kier molecular flexibility index (Phi) is 2.79. The summed E-state index contributed by atoms with van der Waals surface area (Å²) < 4.78 is 7.23. The molecule has 6 heteroatoms. The summed E-state index contributed by atoms with van der Waals surface area (Å²) in [6.07, 6.45) is 0.296. The second-order valence-corrected chi connectivity index (χ2v) is 5.58. The maximum atomic E-state index is 12.7. The maximum Gasteiger partial charge on any atom is 0.233 e. The average molecular weight is 296 g/mol. The Balaban J connectivity index is 1.67. The lowest BCUT2D eigenvalue weighted by Crippen LogP contribution is -2.31. The minimum Gasteiger partial charge on any atom is -0.361 e. The zero-order chi connectivity index (χ0) is 15.3. The number of imidazole rings is 1. The van der Waals surface area contributed by atoms with Crippen molar-refractivity contribution in [1.82, 2.24) is 14.7 Å². The summed E-state index contributed by atoms with van der Waals surface area (Å²) in [4.78, 5) is 19.0. The Hall–Kier alpha value is -2.63. The van der Waals surface area contributed by atoms with Crippen LogP contribution in [-0.4, -0.2) is 27.2 Å². The van der Waals surface area contributed by atoms with E-state index in [2.05, 4.69) is 14.7 Å². The van der Waals surface area contributed by atoms with Crippen molar-refractivity contribution in [2.45, 2.75) is 26.8 Å². The first-order valence-electron chi connectivity index (χ1n) is 7.32. The number of amides is 1.